The van der Waals surface area contributed by atoms with Crippen molar-refractivity contribution in [3.63, 3.8) is 0 Å². The first-order valence-corrected chi connectivity index (χ1v) is 6.11. The Hall–Kier alpha value is -0.710. The summed E-state index contributed by atoms with van der Waals surface area (Å²) in [6, 6.07) is 0.135. The summed E-state index contributed by atoms with van der Waals surface area (Å²) in [5.74, 6) is 2.07. The van der Waals surface area contributed by atoms with Crippen molar-refractivity contribution in [2.45, 2.75) is 25.3 Å². The van der Waals surface area contributed by atoms with E-state index in [1.54, 1.807) is 0 Å². The van der Waals surface area contributed by atoms with Crippen LogP contribution in [0.25, 0.3) is 0 Å². The lowest BCUT2D eigenvalue weighted by molar-refractivity contribution is -0.121. The van der Waals surface area contributed by atoms with E-state index in [0.29, 0.717) is 19.0 Å². The number of hydrogen-bond donors (Lipinski definition) is 1. The lowest BCUT2D eigenvalue weighted by Crippen LogP contribution is -2.54. The normalized spacial score (nSPS) is 28.9. The number of carbonyl (C=O) groups excluding carboxylic acids is 2. The van der Waals surface area contributed by atoms with Crippen molar-refractivity contribution in [1.82, 2.24) is 10.2 Å². The monoisotopic (exact) mass is 214 g/mol. The number of hydrogen-bond acceptors (Lipinski definition) is 3. The fraction of sp³-hybridized carbons (Fsp3) is 0.778. The number of nitrogens with zero attached hydrogens (tertiary/aromatic N) is 1. The van der Waals surface area contributed by atoms with Crippen molar-refractivity contribution in [3.05, 3.63) is 0 Å². The van der Waals surface area contributed by atoms with Crippen molar-refractivity contribution < 1.29 is 9.59 Å². The molecule has 3 amide bonds. The largest absolute Gasteiger partial charge is 0.324 e. The van der Waals surface area contributed by atoms with Gasteiger partial charge in [0.15, 0.2) is 0 Å². The molecule has 0 radical (unpaired) electrons. The quantitative estimate of drug-likeness (QED) is 0.703. The second-order valence-corrected chi connectivity index (χ2v) is 4.82. The van der Waals surface area contributed by atoms with Crippen LogP contribution in [0, 0.1) is 0 Å². The van der Waals surface area contributed by atoms with Crippen LogP contribution in [0.3, 0.4) is 0 Å². The third-order valence-electron chi connectivity index (χ3n) is 2.66. The van der Waals surface area contributed by atoms with Gasteiger partial charge in [-0.05, 0) is 18.6 Å². The zero-order chi connectivity index (χ0) is 9.97. The summed E-state index contributed by atoms with van der Waals surface area (Å²) >= 11 is 1.89. The third-order valence-corrected chi connectivity index (χ3v) is 3.86. The van der Waals surface area contributed by atoms with Gasteiger partial charge in [0.05, 0.1) is 0 Å². The van der Waals surface area contributed by atoms with Gasteiger partial charge < -0.3 is 4.90 Å². The smallest absolute Gasteiger partial charge is 0.320 e. The Morgan fingerprint density at radius 1 is 1.43 bits per heavy atom. The van der Waals surface area contributed by atoms with Crippen LogP contribution in [-0.2, 0) is 4.79 Å². The Bertz CT molecular complexity index is 251. The van der Waals surface area contributed by atoms with Crippen LogP contribution in [0.5, 0.6) is 0 Å². The maximum atomic E-state index is 11.5. The van der Waals surface area contributed by atoms with E-state index in [-0.39, 0.29) is 11.9 Å². The van der Waals surface area contributed by atoms with Crippen LogP contribution >= 0.6 is 11.8 Å². The Labute approximate surface area is 87.4 Å². The molecule has 2 fully saturated rings. The second-order valence-electron chi connectivity index (χ2n) is 3.67. The molecule has 1 unspecified atom stereocenters. The molecule has 0 aromatic rings. The van der Waals surface area contributed by atoms with Crippen LogP contribution in [0.15, 0.2) is 0 Å². The zero-order valence-electron chi connectivity index (χ0n) is 7.99. The molecule has 14 heavy (non-hydrogen) atoms. The van der Waals surface area contributed by atoms with Gasteiger partial charge in [0, 0.05) is 24.8 Å². The van der Waals surface area contributed by atoms with Gasteiger partial charge >= 0.3 is 6.03 Å². The molecule has 78 valence electrons. The minimum Gasteiger partial charge on any atom is -0.320 e. The lowest BCUT2D eigenvalue weighted by Gasteiger charge is -2.35. The average molecular weight is 214 g/mol. The molecule has 2 aliphatic rings. The van der Waals surface area contributed by atoms with Gasteiger partial charge in [0.25, 0.3) is 0 Å². The maximum absolute atomic E-state index is 11.5. The molecule has 2 heterocycles. The van der Waals surface area contributed by atoms with Gasteiger partial charge in [0.1, 0.15) is 0 Å². The van der Waals surface area contributed by atoms with Crippen molar-refractivity contribution in [2.24, 2.45) is 0 Å². The number of amides is 3. The maximum Gasteiger partial charge on any atom is 0.324 e. The SMILES string of the molecule is O=C1CCN(C2CCCSC2)C(=O)N1. The number of urea groups is 1. The number of carbonyl (C=O) groups is 2. The highest BCUT2D eigenvalue weighted by Gasteiger charge is 2.30. The van der Waals surface area contributed by atoms with Crippen LogP contribution in [0.2, 0.25) is 0 Å². The fourth-order valence-electron chi connectivity index (χ4n) is 1.90. The topological polar surface area (TPSA) is 49.4 Å². The number of thioether (sulfide) groups is 1. The summed E-state index contributed by atoms with van der Waals surface area (Å²) in [5, 5.41) is 2.37. The first-order chi connectivity index (χ1) is 6.77. The van der Waals surface area contributed by atoms with Gasteiger partial charge in [-0.25, -0.2) is 4.79 Å². The molecular weight excluding hydrogens is 200 g/mol. The standard InChI is InChI=1S/C9H14N2O2S/c12-8-3-4-11(9(13)10-8)7-2-1-5-14-6-7/h7H,1-6H2,(H,10,12,13). The zero-order valence-corrected chi connectivity index (χ0v) is 8.81. The summed E-state index contributed by atoms with van der Waals surface area (Å²) in [4.78, 5) is 24.2. The molecule has 2 aliphatic heterocycles. The lowest BCUT2D eigenvalue weighted by atomic mass is 10.1. The van der Waals surface area contributed by atoms with Gasteiger partial charge in [-0.1, -0.05) is 0 Å². The first-order valence-electron chi connectivity index (χ1n) is 4.95. The van der Waals surface area contributed by atoms with E-state index in [9.17, 15) is 9.59 Å². The fourth-order valence-corrected chi connectivity index (χ4v) is 3.05. The van der Waals surface area contributed by atoms with Crippen molar-refractivity contribution >= 4 is 23.7 Å². The molecule has 1 atom stereocenters. The number of imide groups is 1. The first kappa shape index (κ1) is 9.83. The van der Waals surface area contributed by atoms with E-state index in [1.807, 2.05) is 16.7 Å². The molecule has 0 aromatic carbocycles. The van der Waals surface area contributed by atoms with E-state index in [0.717, 1.165) is 12.2 Å². The predicted octanol–water partition coefficient (Wildman–Crippen LogP) is 0.824. The Morgan fingerprint density at radius 2 is 2.29 bits per heavy atom. The van der Waals surface area contributed by atoms with Crippen LogP contribution in [0.1, 0.15) is 19.3 Å². The van der Waals surface area contributed by atoms with E-state index in [1.165, 1.54) is 12.2 Å². The highest BCUT2D eigenvalue weighted by atomic mass is 32.2. The highest BCUT2D eigenvalue weighted by Crippen LogP contribution is 2.22. The van der Waals surface area contributed by atoms with E-state index >= 15 is 0 Å². The van der Waals surface area contributed by atoms with Crippen LogP contribution in [0.4, 0.5) is 4.79 Å². The average Bonchev–Trinajstić information content (AvgIpc) is 2.19. The number of nitrogens with one attached hydrogen (secondary N) is 1. The van der Waals surface area contributed by atoms with Crippen molar-refractivity contribution in [1.29, 1.82) is 0 Å². The van der Waals surface area contributed by atoms with Crippen molar-refractivity contribution in [3.8, 4) is 0 Å². The van der Waals surface area contributed by atoms with Gasteiger partial charge in [0.2, 0.25) is 5.91 Å². The summed E-state index contributed by atoms with van der Waals surface area (Å²) < 4.78 is 0. The van der Waals surface area contributed by atoms with Crippen LogP contribution < -0.4 is 5.32 Å². The van der Waals surface area contributed by atoms with Gasteiger partial charge in [-0.2, -0.15) is 11.8 Å². The Balaban J connectivity index is 1.95. The van der Waals surface area contributed by atoms with Gasteiger partial charge in [-0.15, -0.1) is 0 Å². The number of rotatable bonds is 1. The molecule has 0 aliphatic carbocycles. The molecule has 2 saturated heterocycles. The molecule has 4 nitrogen and oxygen atoms in total. The Morgan fingerprint density at radius 3 is 2.93 bits per heavy atom. The summed E-state index contributed by atoms with van der Waals surface area (Å²) in [6.07, 6.45) is 2.70. The molecule has 0 saturated carbocycles. The Kier molecular flexibility index (Phi) is 2.96. The minimum atomic E-state index is -0.200. The molecule has 5 heteroatoms. The molecule has 0 bridgehead atoms. The van der Waals surface area contributed by atoms with E-state index in [4.69, 9.17) is 0 Å². The minimum absolute atomic E-state index is 0.144. The van der Waals surface area contributed by atoms with Crippen molar-refractivity contribution in [2.75, 3.05) is 18.1 Å². The predicted molar refractivity (Wildman–Crippen MR) is 55.2 cm³/mol. The second kappa shape index (κ2) is 4.21. The summed E-state index contributed by atoms with van der Waals surface area (Å²) in [6.45, 7) is 0.593. The molecular formula is C9H14N2O2S. The third kappa shape index (κ3) is 2.03. The van der Waals surface area contributed by atoms with E-state index in [2.05, 4.69) is 5.32 Å². The summed E-state index contributed by atoms with van der Waals surface area (Å²) in [5.41, 5.74) is 0. The molecule has 0 aromatic heterocycles. The molecule has 0 spiro atoms. The van der Waals surface area contributed by atoms with Crippen LogP contribution in [-0.4, -0.2) is 40.9 Å². The summed E-state index contributed by atoms with van der Waals surface area (Å²) in [7, 11) is 0. The molecule has 2 rings (SSSR count). The van der Waals surface area contributed by atoms with E-state index < -0.39 is 0 Å². The molecule has 1 N–H and O–H groups in total. The highest BCUT2D eigenvalue weighted by molar-refractivity contribution is 7.99. The van der Waals surface area contributed by atoms with Gasteiger partial charge in [-0.3, -0.25) is 10.1 Å².